The van der Waals surface area contributed by atoms with Crippen molar-refractivity contribution in [2.75, 3.05) is 40.3 Å². The predicted octanol–water partition coefficient (Wildman–Crippen LogP) is 1.54. The quantitative estimate of drug-likeness (QED) is 0.680. The fraction of sp³-hybridized carbons (Fsp3) is 1.00. The molecule has 2 aliphatic rings. The van der Waals surface area contributed by atoms with Gasteiger partial charge in [-0.1, -0.05) is 0 Å². The van der Waals surface area contributed by atoms with Gasteiger partial charge in [-0.2, -0.15) is 0 Å². The Morgan fingerprint density at radius 2 is 1.82 bits per heavy atom. The van der Waals surface area contributed by atoms with Crippen LogP contribution in [0.4, 0.5) is 0 Å². The standard InChI is InChI=1S/C14H29N3/c1-16-11-7-14(8-12-16)17(2)10-4-3-9-15-13-5-6-13/h13-15H,3-12H2,1-2H3. The highest BCUT2D eigenvalue weighted by atomic mass is 15.2. The molecule has 0 radical (unpaired) electrons. The Morgan fingerprint density at radius 1 is 1.12 bits per heavy atom. The van der Waals surface area contributed by atoms with Crippen LogP contribution in [0.3, 0.4) is 0 Å². The number of piperidine rings is 1. The van der Waals surface area contributed by atoms with E-state index in [1.54, 1.807) is 0 Å². The summed E-state index contributed by atoms with van der Waals surface area (Å²) >= 11 is 0. The maximum atomic E-state index is 3.59. The molecular formula is C14H29N3. The summed E-state index contributed by atoms with van der Waals surface area (Å²) in [7, 11) is 4.55. The second kappa shape index (κ2) is 6.72. The monoisotopic (exact) mass is 239 g/mol. The van der Waals surface area contributed by atoms with Gasteiger partial charge in [0.15, 0.2) is 0 Å². The summed E-state index contributed by atoms with van der Waals surface area (Å²) < 4.78 is 0. The maximum absolute atomic E-state index is 3.59. The molecule has 3 nitrogen and oxygen atoms in total. The second-order valence-corrected chi connectivity index (χ2v) is 5.95. The molecule has 1 aliphatic heterocycles. The Bertz CT molecular complexity index is 208. The van der Waals surface area contributed by atoms with Gasteiger partial charge in [-0.15, -0.1) is 0 Å². The highest BCUT2D eigenvalue weighted by molar-refractivity contribution is 4.80. The van der Waals surface area contributed by atoms with Gasteiger partial charge in [0.25, 0.3) is 0 Å². The summed E-state index contributed by atoms with van der Waals surface area (Å²) in [6.07, 6.45) is 8.22. The first-order valence-corrected chi connectivity index (χ1v) is 7.38. The summed E-state index contributed by atoms with van der Waals surface area (Å²) in [5.74, 6) is 0. The van der Waals surface area contributed by atoms with Crippen LogP contribution in [0.1, 0.15) is 38.5 Å². The van der Waals surface area contributed by atoms with Gasteiger partial charge < -0.3 is 15.1 Å². The van der Waals surface area contributed by atoms with E-state index in [0.29, 0.717) is 0 Å². The van der Waals surface area contributed by atoms with E-state index in [1.165, 1.54) is 64.7 Å². The molecule has 1 saturated carbocycles. The van der Waals surface area contributed by atoms with Gasteiger partial charge in [-0.3, -0.25) is 0 Å². The molecule has 0 aromatic heterocycles. The van der Waals surface area contributed by atoms with E-state index in [4.69, 9.17) is 0 Å². The first-order chi connectivity index (χ1) is 8.25. The molecule has 0 spiro atoms. The number of hydrogen-bond acceptors (Lipinski definition) is 3. The van der Waals surface area contributed by atoms with Crippen LogP contribution in [0.5, 0.6) is 0 Å². The summed E-state index contributed by atoms with van der Waals surface area (Å²) in [5, 5.41) is 3.59. The van der Waals surface area contributed by atoms with Gasteiger partial charge >= 0.3 is 0 Å². The number of nitrogens with one attached hydrogen (secondary N) is 1. The molecule has 17 heavy (non-hydrogen) atoms. The van der Waals surface area contributed by atoms with Gasteiger partial charge in [0, 0.05) is 12.1 Å². The normalized spacial score (nSPS) is 23.5. The summed E-state index contributed by atoms with van der Waals surface area (Å²) in [6.45, 7) is 5.06. The van der Waals surface area contributed by atoms with Crippen molar-refractivity contribution in [3.05, 3.63) is 0 Å². The molecule has 2 rings (SSSR count). The first-order valence-electron chi connectivity index (χ1n) is 7.38. The van der Waals surface area contributed by atoms with E-state index in [2.05, 4.69) is 29.2 Å². The first kappa shape index (κ1) is 13.3. The summed E-state index contributed by atoms with van der Waals surface area (Å²) in [5.41, 5.74) is 0. The Kier molecular flexibility index (Phi) is 5.26. The smallest absolute Gasteiger partial charge is 0.0117 e. The van der Waals surface area contributed by atoms with E-state index in [0.717, 1.165) is 12.1 Å². The number of hydrogen-bond donors (Lipinski definition) is 1. The van der Waals surface area contributed by atoms with Crippen molar-refractivity contribution in [3.8, 4) is 0 Å². The molecule has 1 N–H and O–H groups in total. The average Bonchev–Trinajstić information content (AvgIpc) is 3.13. The van der Waals surface area contributed by atoms with Crippen molar-refractivity contribution in [1.29, 1.82) is 0 Å². The molecule has 1 saturated heterocycles. The fourth-order valence-electron chi connectivity index (χ4n) is 2.70. The minimum Gasteiger partial charge on any atom is -0.314 e. The van der Waals surface area contributed by atoms with Crippen LogP contribution >= 0.6 is 0 Å². The molecule has 0 bridgehead atoms. The summed E-state index contributed by atoms with van der Waals surface area (Å²) in [4.78, 5) is 5.04. The molecular weight excluding hydrogens is 210 g/mol. The van der Waals surface area contributed by atoms with Gasteiger partial charge in [-0.05, 0) is 78.8 Å². The minimum absolute atomic E-state index is 0.836. The number of nitrogens with zero attached hydrogens (tertiary/aromatic N) is 2. The van der Waals surface area contributed by atoms with E-state index in [-0.39, 0.29) is 0 Å². The molecule has 0 amide bonds. The molecule has 100 valence electrons. The van der Waals surface area contributed by atoms with Crippen LogP contribution in [0, 0.1) is 0 Å². The summed E-state index contributed by atoms with van der Waals surface area (Å²) in [6, 6.07) is 1.71. The van der Waals surface area contributed by atoms with E-state index in [9.17, 15) is 0 Å². The molecule has 0 atom stereocenters. The highest BCUT2D eigenvalue weighted by Gasteiger charge is 2.21. The van der Waals surface area contributed by atoms with Gasteiger partial charge in [-0.25, -0.2) is 0 Å². The largest absolute Gasteiger partial charge is 0.314 e. The Hall–Kier alpha value is -0.120. The van der Waals surface area contributed by atoms with Gasteiger partial charge in [0.2, 0.25) is 0 Å². The van der Waals surface area contributed by atoms with Gasteiger partial charge in [0.05, 0.1) is 0 Å². The lowest BCUT2D eigenvalue weighted by Gasteiger charge is -2.35. The third-order valence-electron chi connectivity index (χ3n) is 4.26. The van der Waals surface area contributed by atoms with Crippen molar-refractivity contribution in [2.45, 2.75) is 50.6 Å². The molecule has 0 aromatic rings. The zero-order chi connectivity index (χ0) is 12.1. The SMILES string of the molecule is CN1CCC(N(C)CCCCNC2CC2)CC1. The van der Waals surface area contributed by atoms with Crippen molar-refractivity contribution < 1.29 is 0 Å². The fourth-order valence-corrected chi connectivity index (χ4v) is 2.70. The van der Waals surface area contributed by atoms with Crippen LogP contribution < -0.4 is 5.32 Å². The molecule has 2 fully saturated rings. The molecule has 1 aliphatic carbocycles. The van der Waals surface area contributed by atoms with E-state index in [1.807, 2.05) is 0 Å². The highest BCUT2D eigenvalue weighted by Crippen LogP contribution is 2.18. The third kappa shape index (κ3) is 4.94. The van der Waals surface area contributed by atoms with E-state index >= 15 is 0 Å². The van der Waals surface area contributed by atoms with Gasteiger partial charge in [0.1, 0.15) is 0 Å². The second-order valence-electron chi connectivity index (χ2n) is 5.95. The minimum atomic E-state index is 0.836. The molecule has 3 heteroatoms. The number of likely N-dealkylation sites (tertiary alicyclic amines) is 1. The average molecular weight is 239 g/mol. The molecule has 0 unspecified atom stereocenters. The molecule has 0 aromatic carbocycles. The van der Waals surface area contributed by atoms with Crippen molar-refractivity contribution in [2.24, 2.45) is 0 Å². The zero-order valence-electron chi connectivity index (χ0n) is 11.6. The lowest BCUT2D eigenvalue weighted by Crippen LogP contribution is -2.42. The Labute approximate surface area is 107 Å². The van der Waals surface area contributed by atoms with E-state index < -0.39 is 0 Å². The van der Waals surface area contributed by atoms with Crippen molar-refractivity contribution in [3.63, 3.8) is 0 Å². The number of unbranched alkanes of at least 4 members (excludes halogenated alkanes) is 1. The van der Waals surface area contributed by atoms with Crippen LogP contribution in [0.2, 0.25) is 0 Å². The lowest BCUT2D eigenvalue weighted by molar-refractivity contribution is 0.143. The predicted molar refractivity (Wildman–Crippen MR) is 73.4 cm³/mol. The van der Waals surface area contributed by atoms with Crippen LogP contribution in [0.25, 0.3) is 0 Å². The Morgan fingerprint density at radius 3 is 2.47 bits per heavy atom. The van der Waals surface area contributed by atoms with Crippen molar-refractivity contribution >= 4 is 0 Å². The maximum Gasteiger partial charge on any atom is 0.0117 e. The van der Waals surface area contributed by atoms with Crippen LogP contribution in [-0.2, 0) is 0 Å². The Balaban J connectivity index is 1.49. The molecule has 1 heterocycles. The van der Waals surface area contributed by atoms with Crippen LogP contribution in [-0.4, -0.2) is 62.2 Å². The lowest BCUT2D eigenvalue weighted by atomic mass is 10.0. The topological polar surface area (TPSA) is 18.5 Å². The van der Waals surface area contributed by atoms with Crippen molar-refractivity contribution in [1.82, 2.24) is 15.1 Å². The number of rotatable bonds is 7. The van der Waals surface area contributed by atoms with Crippen LogP contribution in [0.15, 0.2) is 0 Å². The third-order valence-corrected chi connectivity index (χ3v) is 4.26. The zero-order valence-corrected chi connectivity index (χ0v) is 11.6.